The summed E-state index contributed by atoms with van der Waals surface area (Å²) in [5.41, 5.74) is 5.84. The van der Waals surface area contributed by atoms with E-state index in [-0.39, 0.29) is 11.4 Å². The van der Waals surface area contributed by atoms with Gasteiger partial charge in [-0.05, 0) is 71.9 Å². The first-order valence-electron chi connectivity index (χ1n) is 11.4. The molecule has 2 aliphatic heterocycles. The van der Waals surface area contributed by atoms with Crippen LogP contribution in [0, 0.1) is 0 Å². The number of benzene rings is 3. The Morgan fingerprint density at radius 3 is 2.61 bits per heavy atom. The van der Waals surface area contributed by atoms with Gasteiger partial charge in [0, 0.05) is 16.5 Å². The molecule has 0 aromatic heterocycles. The van der Waals surface area contributed by atoms with Gasteiger partial charge in [0.15, 0.2) is 0 Å². The van der Waals surface area contributed by atoms with Crippen LogP contribution in [-0.2, 0) is 11.2 Å². The van der Waals surface area contributed by atoms with Crippen LogP contribution in [0.1, 0.15) is 62.6 Å². The first-order valence-corrected chi connectivity index (χ1v) is 12.2. The van der Waals surface area contributed by atoms with E-state index < -0.39 is 0 Å². The van der Waals surface area contributed by atoms with Gasteiger partial charge >= 0.3 is 0 Å². The van der Waals surface area contributed by atoms with Crippen LogP contribution in [0.4, 0.5) is 5.69 Å². The van der Waals surface area contributed by atoms with Crippen molar-refractivity contribution in [3.63, 3.8) is 0 Å². The number of fused-ring (bicyclic) bond motifs is 5. The zero-order chi connectivity index (χ0) is 21.6. The number of aryl methyl sites for hydroxylation is 1. The number of nitrogens with zero attached hydrogens (tertiary/aromatic N) is 1. The number of halogens is 1. The summed E-state index contributed by atoms with van der Waals surface area (Å²) in [7, 11) is 0. The third-order valence-corrected chi connectivity index (χ3v) is 7.36. The van der Waals surface area contributed by atoms with Crippen LogP contribution in [0.3, 0.4) is 0 Å². The van der Waals surface area contributed by atoms with Crippen LogP contribution in [0.2, 0.25) is 0 Å². The summed E-state index contributed by atoms with van der Waals surface area (Å²) in [6.45, 7) is 4.45. The highest BCUT2D eigenvalue weighted by Gasteiger charge is 2.45. The van der Waals surface area contributed by atoms with Crippen LogP contribution >= 0.6 is 15.9 Å². The molecule has 0 spiro atoms. The van der Waals surface area contributed by atoms with Gasteiger partial charge in [-0.1, -0.05) is 78.2 Å². The molecule has 2 heterocycles. The standard InChI is InChI=1S/C28H28BrNO/c1-3-4-5-6-19-7-9-20(10-8-19)24-18-28(2)16-15-26(31)30(28)25-14-11-21-17-22(29)12-13-23(21)27(24)25/h7-14,17-18H,3-6,15-16H2,1-2H3. The monoisotopic (exact) mass is 473 g/mol. The van der Waals surface area contributed by atoms with Crippen LogP contribution in [0.15, 0.2) is 65.1 Å². The Bertz CT molecular complexity index is 1190. The number of carbonyl (C=O) groups is 1. The Labute approximate surface area is 193 Å². The van der Waals surface area contributed by atoms with E-state index in [0.29, 0.717) is 6.42 Å². The van der Waals surface area contributed by atoms with E-state index in [1.54, 1.807) is 0 Å². The molecule has 1 atom stereocenters. The number of rotatable bonds is 5. The predicted octanol–water partition coefficient (Wildman–Crippen LogP) is 7.67. The molecule has 1 unspecified atom stereocenters. The van der Waals surface area contributed by atoms with Crippen molar-refractivity contribution in [1.82, 2.24) is 0 Å². The minimum Gasteiger partial charge on any atom is -0.302 e. The van der Waals surface area contributed by atoms with Gasteiger partial charge in [0.05, 0.1) is 11.2 Å². The fourth-order valence-electron chi connectivity index (χ4n) is 5.21. The van der Waals surface area contributed by atoms with Gasteiger partial charge in [-0.15, -0.1) is 0 Å². The van der Waals surface area contributed by atoms with Crippen molar-refractivity contribution in [3.05, 3.63) is 81.8 Å². The van der Waals surface area contributed by atoms with Crippen LogP contribution in [0.5, 0.6) is 0 Å². The lowest BCUT2D eigenvalue weighted by atomic mass is 9.82. The molecule has 1 fully saturated rings. The number of anilines is 1. The van der Waals surface area contributed by atoms with Crippen molar-refractivity contribution in [2.75, 3.05) is 4.90 Å². The van der Waals surface area contributed by atoms with Gasteiger partial charge in [-0.3, -0.25) is 4.79 Å². The van der Waals surface area contributed by atoms with Crippen molar-refractivity contribution in [2.24, 2.45) is 0 Å². The van der Waals surface area contributed by atoms with E-state index in [0.717, 1.165) is 23.0 Å². The fourth-order valence-corrected chi connectivity index (χ4v) is 5.59. The van der Waals surface area contributed by atoms with Crippen molar-refractivity contribution in [2.45, 2.75) is 57.9 Å². The lowest BCUT2D eigenvalue weighted by Gasteiger charge is -2.39. The molecular weight excluding hydrogens is 446 g/mol. The summed E-state index contributed by atoms with van der Waals surface area (Å²) in [4.78, 5) is 14.9. The van der Waals surface area contributed by atoms with E-state index in [1.165, 1.54) is 52.3 Å². The molecule has 0 saturated carbocycles. The molecule has 0 N–H and O–H groups in total. The number of hydrogen-bond acceptors (Lipinski definition) is 1. The number of carbonyl (C=O) groups excluding carboxylic acids is 1. The Morgan fingerprint density at radius 1 is 1.03 bits per heavy atom. The molecule has 3 aromatic rings. The molecule has 0 radical (unpaired) electrons. The third-order valence-electron chi connectivity index (χ3n) is 6.86. The second kappa shape index (κ2) is 7.94. The second-order valence-corrected chi connectivity index (χ2v) is 10.0. The van der Waals surface area contributed by atoms with E-state index in [4.69, 9.17) is 0 Å². The van der Waals surface area contributed by atoms with E-state index >= 15 is 0 Å². The van der Waals surface area contributed by atoms with Gasteiger partial charge in [-0.2, -0.15) is 0 Å². The lowest BCUT2D eigenvalue weighted by molar-refractivity contribution is -0.117. The van der Waals surface area contributed by atoms with Gasteiger partial charge < -0.3 is 4.90 Å². The first kappa shape index (κ1) is 20.5. The fraction of sp³-hybridized carbons (Fsp3) is 0.321. The molecule has 0 bridgehead atoms. The Morgan fingerprint density at radius 2 is 1.84 bits per heavy atom. The molecule has 31 heavy (non-hydrogen) atoms. The molecule has 2 nitrogen and oxygen atoms in total. The minimum absolute atomic E-state index is 0.224. The number of amides is 1. The molecular formula is C28H28BrNO. The highest BCUT2D eigenvalue weighted by atomic mass is 79.9. The normalized spacial score (nSPS) is 20.0. The summed E-state index contributed by atoms with van der Waals surface area (Å²) in [5, 5.41) is 2.38. The molecule has 3 heteroatoms. The highest BCUT2D eigenvalue weighted by molar-refractivity contribution is 9.10. The van der Waals surface area contributed by atoms with Gasteiger partial charge in [0.1, 0.15) is 0 Å². The van der Waals surface area contributed by atoms with Gasteiger partial charge in [0.2, 0.25) is 5.91 Å². The summed E-state index contributed by atoms with van der Waals surface area (Å²) in [6, 6.07) is 19.8. The zero-order valence-corrected chi connectivity index (χ0v) is 19.8. The summed E-state index contributed by atoms with van der Waals surface area (Å²) in [6.07, 6.45) is 8.73. The van der Waals surface area contributed by atoms with Crippen LogP contribution < -0.4 is 4.90 Å². The average molecular weight is 474 g/mol. The third kappa shape index (κ3) is 3.53. The lowest BCUT2D eigenvalue weighted by Crippen LogP contribution is -2.44. The maximum absolute atomic E-state index is 12.9. The SMILES string of the molecule is CCCCCc1ccc(C2=CC3(C)CCC(=O)N3c3ccc4cc(Br)ccc4c32)cc1. The molecule has 1 saturated heterocycles. The molecule has 1 amide bonds. The topological polar surface area (TPSA) is 20.3 Å². The second-order valence-electron chi connectivity index (χ2n) is 9.12. The average Bonchev–Trinajstić information content (AvgIpc) is 3.08. The van der Waals surface area contributed by atoms with Crippen LogP contribution in [-0.4, -0.2) is 11.4 Å². The van der Waals surface area contributed by atoms with E-state index in [9.17, 15) is 4.79 Å². The molecule has 2 aliphatic rings. The maximum atomic E-state index is 12.9. The summed E-state index contributed by atoms with van der Waals surface area (Å²) in [5.74, 6) is 0.224. The molecule has 3 aromatic carbocycles. The maximum Gasteiger partial charge on any atom is 0.227 e. The molecule has 5 rings (SSSR count). The van der Waals surface area contributed by atoms with Gasteiger partial charge in [0.25, 0.3) is 0 Å². The zero-order valence-electron chi connectivity index (χ0n) is 18.2. The Hall–Kier alpha value is -2.39. The van der Waals surface area contributed by atoms with Crippen molar-refractivity contribution >= 4 is 43.9 Å². The van der Waals surface area contributed by atoms with Crippen LogP contribution in [0.25, 0.3) is 16.3 Å². The smallest absolute Gasteiger partial charge is 0.227 e. The van der Waals surface area contributed by atoms with E-state index in [1.807, 2.05) is 4.90 Å². The predicted molar refractivity (Wildman–Crippen MR) is 134 cm³/mol. The van der Waals surface area contributed by atoms with Crippen molar-refractivity contribution in [1.29, 1.82) is 0 Å². The van der Waals surface area contributed by atoms with Crippen molar-refractivity contribution in [3.8, 4) is 0 Å². The van der Waals surface area contributed by atoms with Gasteiger partial charge in [-0.25, -0.2) is 0 Å². The summed E-state index contributed by atoms with van der Waals surface area (Å²) >= 11 is 3.61. The Balaban J connectivity index is 1.66. The minimum atomic E-state index is -0.262. The number of hydrogen-bond donors (Lipinski definition) is 0. The van der Waals surface area contributed by atoms with Crippen molar-refractivity contribution < 1.29 is 4.79 Å². The quantitative estimate of drug-likeness (QED) is 0.348. The molecule has 158 valence electrons. The number of unbranched alkanes of at least 4 members (excludes halogenated alkanes) is 2. The highest BCUT2D eigenvalue weighted by Crippen LogP contribution is 2.49. The first-order chi connectivity index (χ1) is 15.0. The van der Waals surface area contributed by atoms with E-state index in [2.05, 4.69) is 90.5 Å². The molecule has 0 aliphatic carbocycles. The Kier molecular flexibility index (Phi) is 5.26. The summed E-state index contributed by atoms with van der Waals surface area (Å²) < 4.78 is 1.07. The largest absolute Gasteiger partial charge is 0.302 e.